The molecule has 4 N–H and O–H groups in total. The number of hydrogen-bond donors (Lipinski definition) is 4. The third kappa shape index (κ3) is 4.78. The number of aliphatic carboxylic acids is 1. The van der Waals surface area contributed by atoms with Gasteiger partial charge in [-0.1, -0.05) is 6.07 Å². The maximum atomic E-state index is 14.1. The molecule has 1 saturated heterocycles. The van der Waals surface area contributed by atoms with Crippen LogP contribution in [-0.2, 0) is 11.3 Å². The van der Waals surface area contributed by atoms with Crippen molar-refractivity contribution in [2.24, 2.45) is 5.41 Å². The molecule has 5 rings (SSSR count). The number of benzene rings is 1. The van der Waals surface area contributed by atoms with E-state index in [4.69, 9.17) is 4.74 Å². The Morgan fingerprint density at radius 2 is 2.03 bits per heavy atom. The summed E-state index contributed by atoms with van der Waals surface area (Å²) in [6, 6.07) is 6.54. The Hall–Kier alpha value is -3.73. The molecular formula is C27H30F2N4O5. The van der Waals surface area contributed by atoms with Crippen molar-refractivity contribution in [1.82, 2.24) is 14.9 Å². The first kappa shape index (κ1) is 25.9. The molecule has 9 nitrogen and oxygen atoms in total. The lowest BCUT2D eigenvalue weighted by atomic mass is 9.59. The Morgan fingerprint density at radius 1 is 1.26 bits per heavy atom. The number of carboxylic acids is 2. The zero-order valence-electron chi connectivity index (χ0n) is 21.2. The van der Waals surface area contributed by atoms with Crippen LogP contribution in [0, 0.1) is 12.3 Å². The summed E-state index contributed by atoms with van der Waals surface area (Å²) < 4.78 is 33.8. The van der Waals surface area contributed by atoms with Crippen molar-refractivity contribution in [3.05, 3.63) is 52.8 Å². The van der Waals surface area contributed by atoms with E-state index in [1.807, 2.05) is 25.3 Å². The number of alkyl halides is 2. The molecule has 11 heteroatoms. The summed E-state index contributed by atoms with van der Waals surface area (Å²) in [5.74, 6) is -4.22. The van der Waals surface area contributed by atoms with E-state index in [0.29, 0.717) is 37.2 Å². The molecule has 1 aromatic carbocycles. The van der Waals surface area contributed by atoms with E-state index in [2.05, 4.69) is 20.2 Å². The molecule has 1 saturated carbocycles. The van der Waals surface area contributed by atoms with Gasteiger partial charge in [0.15, 0.2) is 5.69 Å². The fourth-order valence-corrected chi connectivity index (χ4v) is 6.18. The molecule has 38 heavy (non-hydrogen) atoms. The van der Waals surface area contributed by atoms with E-state index in [1.165, 1.54) is 6.07 Å². The number of aromatic amines is 1. The summed E-state index contributed by atoms with van der Waals surface area (Å²) in [5, 5.41) is 22.4. The molecule has 0 bridgehead atoms. The van der Waals surface area contributed by atoms with Crippen LogP contribution in [0.4, 0.5) is 14.6 Å². The van der Waals surface area contributed by atoms with Gasteiger partial charge in [0.1, 0.15) is 18.1 Å². The summed E-state index contributed by atoms with van der Waals surface area (Å²) in [4.78, 5) is 32.5. The van der Waals surface area contributed by atoms with Gasteiger partial charge >= 0.3 is 11.9 Å². The largest absolute Gasteiger partial charge is 0.496 e. The lowest BCUT2D eigenvalue weighted by Crippen LogP contribution is -2.53. The topological polar surface area (TPSA) is 128 Å². The number of anilines is 1. The number of pyridine rings is 1. The molecule has 3 aromatic rings. The van der Waals surface area contributed by atoms with Crippen molar-refractivity contribution >= 4 is 28.7 Å². The van der Waals surface area contributed by atoms with Crippen LogP contribution >= 0.6 is 0 Å². The van der Waals surface area contributed by atoms with Gasteiger partial charge in [-0.3, -0.25) is 9.69 Å². The average Bonchev–Trinajstić information content (AvgIpc) is 3.34. The lowest BCUT2D eigenvalue weighted by molar-refractivity contribution is -0.186. The number of aryl methyl sites for hydroxylation is 1. The van der Waals surface area contributed by atoms with Gasteiger partial charge in [0, 0.05) is 53.7 Å². The van der Waals surface area contributed by atoms with E-state index >= 15 is 0 Å². The fraction of sp³-hybridized carbons (Fsp3) is 0.444. The number of piperidine rings is 1. The highest BCUT2D eigenvalue weighted by atomic mass is 19.3. The minimum Gasteiger partial charge on any atom is -0.496 e. The standard InChI is InChI=1S/C27H30F2N4O5/c1-15-9-21(38-2)18(16-5-7-30-23(15)16)12-33-8-6-26(13-27(28,29)14-26)10-20(33)17-3-4-19(25(36)37)32-24(17)31-11-22(34)35/h3-5,7,9,20,30H,6,8,10-14H2,1-2H3,(H,31,32)(H,34,35)(H,36,37). The van der Waals surface area contributed by atoms with Gasteiger partial charge in [0.2, 0.25) is 5.92 Å². The summed E-state index contributed by atoms with van der Waals surface area (Å²) in [7, 11) is 1.61. The second-order valence-electron chi connectivity index (χ2n) is 10.5. The number of ether oxygens (including phenoxy) is 1. The van der Waals surface area contributed by atoms with Gasteiger partial charge in [0.25, 0.3) is 0 Å². The van der Waals surface area contributed by atoms with E-state index in [9.17, 15) is 28.6 Å². The lowest BCUT2D eigenvalue weighted by Gasteiger charge is -2.54. The van der Waals surface area contributed by atoms with Gasteiger partial charge in [-0.25, -0.2) is 18.6 Å². The van der Waals surface area contributed by atoms with Crippen LogP contribution in [0.1, 0.15) is 58.9 Å². The number of halogens is 2. The van der Waals surface area contributed by atoms with Crippen molar-refractivity contribution in [2.75, 3.05) is 25.5 Å². The van der Waals surface area contributed by atoms with Crippen LogP contribution in [0.5, 0.6) is 5.75 Å². The third-order valence-electron chi connectivity index (χ3n) is 7.87. The zero-order valence-corrected chi connectivity index (χ0v) is 21.2. The van der Waals surface area contributed by atoms with Gasteiger partial charge in [-0.15, -0.1) is 0 Å². The maximum absolute atomic E-state index is 14.1. The molecule has 0 radical (unpaired) electrons. The van der Waals surface area contributed by atoms with Crippen molar-refractivity contribution in [3.8, 4) is 5.75 Å². The number of carboxylic acid groups (broad SMARTS) is 2. The monoisotopic (exact) mass is 528 g/mol. The molecule has 2 aromatic heterocycles. The molecule has 1 aliphatic heterocycles. The van der Waals surface area contributed by atoms with Crippen molar-refractivity contribution in [1.29, 1.82) is 0 Å². The number of hydrogen-bond acceptors (Lipinski definition) is 6. The molecule has 2 aliphatic rings. The summed E-state index contributed by atoms with van der Waals surface area (Å²) in [6.45, 7) is 2.51. The number of nitrogens with one attached hydrogen (secondary N) is 2. The molecule has 2 fully saturated rings. The SMILES string of the molecule is COc1cc(C)c2[nH]ccc2c1CN1CCC2(CC1c1ccc(C(=O)O)nc1NCC(=O)O)CC(F)(F)C2. The number of H-pyrrole nitrogens is 1. The Bertz CT molecular complexity index is 1400. The van der Waals surface area contributed by atoms with Crippen LogP contribution in [0.2, 0.25) is 0 Å². The second-order valence-corrected chi connectivity index (χ2v) is 10.5. The molecule has 202 valence electrons. The molecule has 1 aliphatic carbocycles. The van der Waals surface area contributed by atoms with Gasteiger partial charge in [-0.05, 0) is 55.5 Å². The number of likely N-dealkylation sites (tertiary alicyclic amines) is 1. The number of methoxy groups -OCH3 is 1. The fourth-order valence-electron chi connectivity index (χ4n) is 6.18. The molecule has 1 spiro atoms. The number of nitrogens with zero attached hydrogens (tertiary/aromatic N) is 2. The van der Waals surface area contributed by atoms with E-state index in [1.54, 1.807) is 13.2 Å². The van der Waals surface area contributed by atoms with E-state index in [-0.39, 0.29) is 24.4 Å². The Morgan fingerprint density at radius 3 is 2.68 bits per heavy atom. The normalized spacial score (nSPS) is 20.3. The number of aromatic carboxylic acids is 1. The number of fused-ring (bicyclic) bond motifs is 1. The van der Waals surface area contributed by atoms with Crippen LogP contribution < -0.4 is 10.1 Å². The van der Waals surface area contributed by atoms with Crippen LogP contribution in [0.3, 0.4) is 0 Å². The highest BCUT2D eigenvalue weighted by molar-refractivity contribution is 5.88. The first-order chi connectivity index (χ1) is 18.0. The molecule has 1 unspecified atom stereocenters. The predicted octanol–water partition coefficient (Wildman–Crippen LogP) is 4.83. The maximum Gasteiger partial charge on any atom is 0.354 e. The van der Waals surface area contributed by atoms with E-state index in [0.717, 1.165) is 22.0 Å². The predicted molar refractivity (Wildman–Crippen MR) is 136 cm³/mol. The molecule has 3 heterocycles. The first-order valence-corrected chi connectivity index (χ1v) is 12.5. The van der Waals surface area contributed by atoms with Crippen LogP contribution in [-0.4, -0.2) is 63.1 Å². The second kappa shape index (κ2) is 9.54. The van der Waals surface area contributed by atoms with Crippen molar-refractivity contribution in [2.45, 2.75) is 51.1 Å². The summed E-state index contributed by atoms with van der Waals surface area (Å²) in [5.41, 5.74) is 2.78. The molecular weight excluding hydrogens is 498 g/mol. The number of carbonyl (C=O) groups is 2. The van der Waals surface area contributed by atoms with Gasteiger partial charge in [-0.2, -0.15) is 0 Å². The Kier molecular flexibility index (Phi) is 6.50. The van der Waals surface area contributed by atoms with Gasteiger partial charge < -0.3 is 25.3 Å². The Labute approximate surface area is 217 Å². The van der Waals surface area contributed by atoms with Crippen molar-refractivity contribution < 1.29 is 33.3 Å². The van der Waals surface area contributed by atoms with Crippen molar-refractivity contribution in [3.63, 3.8) is 0 Å². The Balaban J connectivity index is 1.57. The van der Waals surface area contributed by atoms with Gasteiger partial charge in [0.05, 0.1) is 7.11 Å². The number of rotatable bonds is 8. The highest BCUT2D eigenvalue weighted by Crippen LogP contribution is 2.61. The third-order valence-corrected chi connectivity index (χ3v) is 7.87. The average molecular weight is 529 g/mol. The van der Waals surface area contributed by atoms with E-state index < -0.39 is 35.9 Å². The molecule has 1 atom stereocenters. The minimum atomic E-state index is -2.69. The zero-order chi connectivity index (χ0) is 27.2. The minimum absolute atomic E-state index is 0.132. The molecule has 0 amide bonds. The highest BCUT2D eigenvalue weighted by Gasteiger charge is 2.58. The van der Waals surface area contributed by atoms with Crippen LogP contribution in [0.25, 0.3) is 10.9 Å². The smallest absolute Gasteiger partial charge is 0.354 e. The number of aromatic nitrogens is 2. The van der Waals surface area contributed by atoms with Crippen LogP contribution in [0.15, 0.2) is 30.5 Å². The summed E-state index contributed by atoms with van der Waals surface area (Å²) >= 11 is 0. The first-order valence-electron chi connectivity index (χ1n) is 12.5. The quantitative estimate of drug-likeness (QED) is 0.328. The summed E-state index contributed by atoms with van der Waals surface area (Å²) in [6.07, 6.45) is 2.49.